The average molecular weight is 610 g/mol. The molecule has 1 amide bonds. The zero-order chi connectivity index (χ0) is 31.1. The maximum absolute atomic E-state index is 13.9. The van der Waals surface area contributed by atoms with Crippen LogP contribution in [0, 0.1) is 11.6 Å². The Morgan fingerprint density at radius 2 is 2.09 bits per heavy atom. The smallest absolute Gasteiger partial charge is 0.246 e. The molecule has 0 bridgehead atoms. The maximum Gasteiger partial charge on any atom is 0.246 e. The van der Waals surface area contributed by atoms with Crippen LogP contribution in [0.25, 0.3) is 10.9 Å². The van der Waals surface area contributed by atoms with Gasteiger partial charge in [0.25, 0.3) is 0 Å². The topological polar surface area (TPSA) is 127 Å². The zero-order valence-electron chi connectivity index (χ0n) is 24.8. The van der Waals surface area contributed by atoms with E-state index in [1.165, 1.54) is 29.3 Å². The number of benzene rings is 2. The number of fused-ring (bicyclic) bond motifs is 1. The van der Waals surface area contributed by atoms with Gasteiger partial charge in [0.2, 0.25) is 5.91 Å². The molecule has 1 atom stereocenters. The van der Waals surface area contributed by atoms with Crippen LogP contribution >= 0.6 is 0 Å². The van der Waals surface area contributed by atoms with E-state index in [-0.39, 0.29) is 24.9 Å². The van der Waals surface area contributed by atoms with Gasteiger partial charge in [0.1, 0.15) is 30.2 Å². The van der Waals surface area contributed by atoms with E-state index in [1.54, 1.807) is 6.20 Å². The summed E-state index contributed by atoms with van der Waals surface area (Å²) < 4.78 is 41.0. The minimum absolute atomic E-state index is 0.121. The van der Waals surface area contributed by atoms with Crippen molar-refractivity contribution in [3.63, 3.8) is 0 Å². The number of ether oxygens (including phenoxy) is 2. The summed E-state index contributed by atoms with van der Waals surface area (Å²) in [6.45, 7) is 6.36. The summed E-state index contributed by atoms with van der Waals surface area (Å²) >= 11 is 0. The van der Waals surface area contributed by atoms with E-state index in [4.69, 9.17) is 9.47 Å². The number of hydrogen-bond acceptors (Lipinski definition) is 9. The Balaban J connectivity index is 1.26. The van der Waals surface area contributed by atoms with Crippen LogP contribution in [-0.4, -0.2) is 74.1 Å². The van der Waals surface area contributed by atoms with E-state index in [0.717, 1.165) is 44.8 Å². The third-order valence-corrected chi connectivity index (χ3v) is 7.29. The number of hydrogen-bond donors (Lipinski definition) is 3. The third kappa shape index (κ3) is 7.77. The van der Waals surface area contributed by atoms with Crippen molar-refractivity contribution in [2.24, 2.45) is 0 Å². The standard InChI is InChI=1S/C31H37F2N7O4/c1-20(2)44-27-15-23(43-13-5-11-39-10-4-6-22(39)9-12-41)14-26-29(27)31(35-19-34-26)37-21-16-36-40(17-21)18-28(42)38-25-8-3-7-24(32)30(25)33/h3,7-8,14-17,19-20,22,41H,4-6,9-13,18H2,1-2H3,(H,38,42)(H,34,35,37)/t22-/m0/s1. The van der Waals surface area contributed by atoms with Gasteiger partial charge in [-0.2, -0.15) is 5.10 Å². The first kappa shape index (κ1) is 31.1. The van der Waals surface area contributed by atoms with E-state index in [1.807, 2.05) is 26.0 Å². The minimum atomic E-state index is -1.12. The van der Waals surface area contributed by atoms with Crippen LogP contribution in [0.2, 0.25) is 0 Å². The summed E-state index contributed by atoms with van der Waals surface area (Å²) in [4.78, 5) is 23.7. The largest absolute Gasteiger partial charge is 0.493 e. The summed E-state index contributed by atoms with van der Waals surface area (Å²) in [6, 6.07) is 7.70. The van der Waals surface area contributed by atoms with Gasteiger partial charge in [0.05, 0.1) is 41.2 Å². The van der Waals surface area contributed by atoms with E-state index in [2.05, 4.69) is 30.6 Å². The third-order valence-electron chi connectivity index (χ3n) is 7.29. The number of rotatable bonds is 14. The number of aliphatic hydroxyl groups excluding tert-OH is 1. The van der Waals surface area contributed by atoms with Crippen molar-refractivity contribution in [2.75, 3.05) is 36.9 Å². The number of aliphatic hydroxyl groups is 1. The van der Waals surface area contributed by atoms with E-state index < -0.39 is 17.5 Å². The molecule has 1 fully saturated rings. The Labute approximate surface area is 254 Å². The number of anilines is 3. The van der Waals surface area contributed by atoms with Crippen LogP contribution in [0.5, 0.6) is 11.5 Å². The molecule has 44 heavy (non-hydrogen) atoms. The van der Waals surface area contributed by atoms with Crippen molar-refractivity contribution >= 4 is 34.0 Å². The molecule has 0 spiro atoms. The second kappa shape index (κ2) is 14.4. The van der Waals surface area contributed by atoms with Crippen molar-refractivity contribution in [1.29, 1.82) is 0 Å². The van der Waals surface area contributed by atoms with Gasteiger partial charge >= 0.3 is 0 Å². The lowest BCUT2D eigenvalue weighted by Crippen LogP contribution is -2.31. The summed E-state index contributed by atoms with van der Waals surface area (Å²) in [6.07, 6.45) is 8.40. The monoisotopic (exact) mass is 609 g/mol. The molecule has 0 aliphatic carbocycles. The number of amides is 1. The van der Waals surface area contributed by atoms with Crippen LogP contribution in [0.15, 0.2) is 49.1 Å². The van der Waals surface area contributed by atoms with Crippen LogP contribution in [0.4, 0.5) is 26.0 Å². The Morgan fingerprint density at radius 3 is 2.91 bits per heavy atom. The highest BCUT2D eigenvalue weighted by Gasteiger charge is 2.23. The fourth-order valence-corrected chi connectivity index (χ4v) is 5.37. The molecule has 3 heterocycles. The van der Waals surface area contributed by atoms with Crippen molar-refractivity contribution in [1.82, 2.24) is 24.6 Å². The maximum atomic E-state index is 13.9. The lowest BCUT2D eigenvalue weighted by molar-refractivity contribution is -0.116. The molecule has 5 rings (SSSR count). The van der Waals surface area contributed by atoms with Crippen LogP contribution in [-0.2, 0) is 11.3 Å². The quantitative estimate of drug-likeness (QED) is 0.171. The van der Waals surface area contributed by atoms with Gasteiger partial charge in [0, 0.05) is 37.5 Å². The lowest BCUT2D eigenvalue weighted by Gasteiger charge is -2.23. The Kier molecular flexibility index (Phi) is 10.2. The van der Waals surface area contributed by atoms with Gasteiger partial charge in [-0.1, -0.05) is 6.07 Å². The molecule has 2 aromatic heterocycles. The van der Waals surface area contributed by atoms with Crippen LogP contribution < -0.4 is 20.1 Å². The van der Waals surface area contributed by atoms with Gasteiger partial charge in [-0.3, -0.25) is 9.48 Å². The summed E-state index contributed by atoms with van der Waals surface area (Å²) in [5.74, 6) is -1.06. The SMILES string of the molecule is CC(C)Oc1cc(OCCCN2CCC[C@H]2CCO)cc2ncnc(Nc3cnn(CC(=O)Nc4cccc(F)c4F)c3)c12. The highest BCUT2D eigenvalue weighted by molar-refractivity contribution is 5.96. The van der Waals surface area contributed by atoms with Crippen LogP contribution in [0.3, 0.4) is 0 Å². The first-order valence-electron chi connectivity index (χ1n) is 14.8. The molecular weight excluding hydrogens is 572 g/mol. The Morgan fingerprint density at radius 1 is 1.23 bits per heavy atom. The Hall–Kier alpha value is -4.36. The number of carbonyl (C=O) groups is 1. The molecule has 13 heteroatoms. The molecule has 4 aromatic rings. The van der Waals surface area contributed by atoms with E-state index in [9.17, 15) is 18.7 Å². The summed E-state index contributed by atoms with van der Waals surface area (Å²) in [5.41, 5.74) is 0.932. The number of aromatic nitrogens is 4. The number of halogens is 2. The van der Waals surface area contributed by atoms with E-state index >= 15 is 0 Å². The molecule has 1 saturated heterocycles. The highest BCUT2D eigenvalue weighted by atomic mass is 19.2. The summed E-state index contributed by atoms with van der Waals surface area (Å²) in [7, 11) is 0. The zero-order valence-corrected chi connectivity index (χ0v) is 24.8. The number of nitrogens with zero attached hydrogens (tertiary/aromatic N) is 5. The fourth-order valence-electron chi connectivity index (χ4n) is 5.37. The van der Waals surface area contributed by atoms with Crippen molar-refractivity contribution in [3.05, 3.63) is 60.7 Å². The number of nitrogens with one attached hydrogen (secondary N) is 2. The van der Waals surface area contributed by atoms with Gasteiger partial charge in [-0.15, -0.1) is 0 Å². The normalized spacial score (nSPS) is 15.2. The predicted molar refractivity (Wildman–Crippen MR) is 162 cm³/mol. The lowest BCUT2D eigenvalue weighted by atomic mass is 10.1. The molecule has 2 aromatic carbocycles. The number of carbonyl (C=O) groups excluding carboxylic acids is 1. The van der Waals surface area contributed by atoms with Gasteiger partial charge in [-0.25, -0.2) is 18.7 Å². The van der Waals surface area contributed by atoms with Crippen LogP contribution in [0.1, 0.15) is 39.5 Å². The van der Waals surface area contributed by atoms with E-state index in [0.29, 0.717) is 46.6 Å². The first-order valence-corrected chi connectivity index (χ1v) is 14.8. The average Bonchev–Trinajstić information content (AvgIpc) is 3.62. The molecule has 234 valence electrons. The van der Waals surface area contributed by atoms with Crippen molar-refractivity contribution in [3.8, 4) is 11.5 Å². The Bertz CT molecular complexity index is 1580. The van der Waals surface area contributed by atoms with Gasteiger partial charge in [-0.05, 0) is 58.2 Å². The molecule has 1 aliphatic heterocycles. The molecule has 11 nitrogen and oxygen atoms in total. The molecule has 0 unspecified atom stereocenters. The second-order valence-electron chi connectivity index (χ2n) is 11.0. The molecular formula is C31H37F2N7O4. The minimum Gasteiger partial charge on any atom is -0.493 e. The van der Waals surface area contributed by atoms with Gasteiger partial charge in [0.15, 0.2) is 11.6 Å². The van der Waals surface area contributed by atoms with Crippen molar-refractivity contribution < 1.29 is 28.2 Å². The molecule has 0 radical (unpaired) electrons. The number of likely N-dealkylation sites (tertiary alicyclic amines) is 1. The molecule has 3 N–H and O–H groups in total. The predicted octanol–water partition coefficient (Wildman–Crippen LogP) is 4.89. The molecule has 0 saturated carbocycles. The summed E-state index contributed by atoms with van der Waals surface area (Å²) in [5, 5.41) is 19.7. The first-order chi connectivity index (χ1) is 21.3. The van der Waals surface area contributed by atoms with Gasteiger partial charge < -0.3 is 30.1 Å². The highest BCUT2D eigenvalue weighted by Crippen LogP contribution is 2.36. The molecule has 1 aliphatic rings. The van der Waals surface area contributed by atoms with Crippen molar-refractivity contribution in [2.45, 2.75) is 58.2 Å². The fraction of sp³-hybridized carbons (Fsp3) is 0.419. The second-order valence-corrected chi connectivity index (χ2v) is 11.0.